The summed E-state index contributed by atoms with van der Waals surface area (Å²) in [5, 5.41) is 12.0. The van der Waals surface area contributed by atoms with Crippen molar-refractivity contribution in [1.29, 1.82) is 0 Å². The first kappa shape index (κ1) is 24.5. The molecule has 0 aliphatic carbocycles. The van der Waals surface area contributed by atoms with Crippen LogP contribution in [0.5, 0.6) is 0 Å². The number of nitrogens with one attached hydrogen (secondary N) is 1. The second-order valence-corrected chi connectivity index (χ2v) is 7.86. The summed E-state index contributed by atoms with van der Waals surface area (Å²) in [7, 11) is 0. The highest BCUT2D eigenvalue weighted by Crippen LogP contribution is 2.12. The molecule has 3 rings (SSSR count). The van der Waals surface area contributed by atoms with Crippen molar-refractivity contribution in [3.63, 3.8) is 0 Å². The van der Waals surface area contributed by atoms with Crippen LogP contribution in [0.25, 0.3) is 0 Å². The number of hydrogen-bond donors (Lipinski definition) is 2. The number of carboxylic acid groups (broad SMARTS) is 1. The number of nitrogens with zero attached hydrogens (tertiary/aromatic N) is 1. The van der Waals surface area contributed by atoms with E-state index in [4.69, 9.17) is 4.74 Å². The van der Waals surface area contributed by atoms with Gasteiger partial charge in [0.2, 0.25) is 5.91 Å². The molecule has 0 saturated carbocycles. The Hall–Kier alpha value is -4.13. The maximum atomic E-state index is 13.4. The first-order chi connectivity index (χ1) is 16.5. The lowest BCUT2D eigenvalue weighted by molar-refractivity contribution is -0.145. The molecule has 2 N–H and O–H groups in total. The van der Waals surface area contributed by atoms with Crippen molar-refractivity contribution in [2.45, 2.75) is 32.0 Å². The molecule has 0 bridgehead atoms. The number of rotatable bonds is 11. The monoisotopic (exact) mass is 460 g/mol. The van der Waals surface area contributed by atoms with Crippen molar-refractivity contribution in [3.05, 3.63) is 108 Å². The van der Waals surface area contributed by atoms with Gasteiger partial charge in [0.15, 0.2) is 0 Å². The van der Waals surface area contributed by atoms with Gasteiger partial charge < -0.3 is 20.1 Å². The smallest absolute Gasteiger partial charge is 0.408 e. The molecule has 7 heteroatoms. The Kier molecular flexibility index (Phi) is 9.22. The number of benzene rings is 3. The van der Waals surface area contributed by atoms with Crippen molar-refractivity contribution in [2.75, 3.05) is 6.54 Å². The Bertz CT molecular complexity index is 1060. The zero-order valence-electron chi connectivity index (χ0n) is 18.8. The molecule has 0 unspecified atom stereocenters. The summed E-state index contributed by atoms with van der Waals surface area (Å²) in [6, 6.07) is 27.0. The lowest BCUT2D eigenvalue weighted by Gasteiger charge is -2.27. The van der Waals surface area contributed by atoms with Gasteiger partial charge in [-0.2, -0.15) is 0 Å². The number of hydrogen-bond acceptors (Lipinski definition) is 4. The largest absolute Gasteiger partial charge is 0.480 e. The SMILES string of the molecule is O=C(O)CN(Cc1ccccc1)C(=O)[C@H](CCc1ccccc1)NC(=O)OCc1ccccc1. The molecule has 176 valence electrons. The standard InChI is InChI=1S/C27H28N2O5/c30-25(31)19-29(18-22-12-6-2-7-13-22)26(32)24(17-16-21-10-4-1-5-11-21)28-27(33)34-20-23-14-8-3-9-15-23/h1-15,24H,16-20H2,(H,28,33)(H,30,31)/t24-/m0/s1. The van der Waals surface area contributed by atoms with Gasteiger partial charge in [-0.05, 0) is 29.5 Å². The molecular formula is C27H28N2O5. The minimum atomic E-state index is -1.13. The first-order valence-corrected chi connectivity index (χ1v) is 11.1. The molecule has 3 aromatic rings. The van der Waals surface area contributed by atoms with Crippen molar-refractivity contribution in [1.82, 2.24) is 10.2 Å². The third-order valence-corrected chi connectivity index (χ3v) is 5.22. The molecule has 0 heterocycles. The zero-order chi connectivity index (χ0) is 24.2. The molecule has 3 aromatic carbocycles. The third-order valence-electron chi connectivity index (χ3n) is 5.22. The van der Waals surface area contributed by atoms with Gasteiger partial charge in [0.25, 0.3) is 0 Å². The van der Waals surface area contributed by atoms with Crippen LogP contribution in [0.2, 0.25) is 0 Å². The Morgan fingerprint density at radius 2 is 1.32 bits per heavy atom. The van der Waals surface area contributed by atoms with E-state index in [1.165, 1.54) is 4.90 Å². The van der Waals surface area contributed by atoms with Gasteiger partial charge in [-0.25, -0.2) is 4.79 Å². The fourth-order valence-electron chi connectivity index (χ4n) is 3.52. The van der Waals surface area contributed by atoms with E-state index >= 15 is 0 Å². The number of carbonyl (C=O) groups excluding carboxylic acids is 2. The minimum absolute atomic E-state index is 0.0646. The number of ether oxygens (including phenoxy) is 1. The lowest BCUT2D eigenvalue weighted by Crippen LogP contribution is -2.50. The van der Waals surface area contributed by atoms with Crippen LogP contribution in [0.15, 0.2) is 91.0 Å². The summed E-state index contributed by atoms with van der Waals surface area (Å²) in [6.07, 6.45) is 0.0988. The fourth-order valence-corrected chi connectivity index (χ4v) is 3.52. The van der Waals surface area contributed by atoms with Gasteiger partial charge in [0, 0.05) is 6.54 Å². The van der Waals surface area contributed by atoms with Crippen LogP contribution < -0.4 is 5.32 Å². The van der Waals surface area contributed by atoms with Crippen molar-refractivity contribution < 1.29 is 24.2 Å². The Balaban J connectivity index is 1.72. The van der Waals surface area contributed by atoms with Crippen LogP contribution in [-0.2, 0) is 33.9 Å². The molecule has 0 spiro atoms. The highest BCUT2D eigenvalue weighted by atomic mass is 16.5. The molecule has 0 aliphatic rings. The van der Waals surface area contributed by atoms with E-state index < -0.39 is 30.6 Å². The second-order valence-electron chi connectivity index (χ2n) is 7.86. The van der Waals surface area contributed by atoms with Crippen molar-refractivity contribution >= 4 is 18.0 Å². The van der Waals surface area contributed by atoms with Crippen LogP contribution in [0, 0.1) is 0 Å². The third kappa shape index (κ3) is 8.09. The lowest BCUT2D eigenvalue weighted by atomic mass is 10.0. The molecule has 0 aliphatic heterocycles. The predicted octanol–water partition coefficient (Wildman–Crippen LogP) is 4.03. The molecule has 0 fully saturated rings. The maximum Gasteiger partial charge on any atom is 0.408 e. The van der Waals surface area contributed by atoms with E-state index in [1.54, 1.807) is 0 Å². The number of aryl methyl sites for hydroxylation is 1. The molecular weight excluding hydrogens is 432 g/mol. The fraction of sp³-hybridized carbons (Fsp3) is 0.222. The molecule has 0 radical (unpaired) electrons. The van der Waals surface area contributed by atoms with E-state index in [1.807, 2.05) is 91.0 Å². The summed E-state index contributed by atoms with van der Waals surface area (Å²) in [4.78, 5) is 38.7. The van der Waals surface area contributed by atoms with Crippen LogP contribution in [0.4, 0.5) is 4.79 Å². The summed E-state index contributed by atoms with van der Waals surface area (Å²) < 4.78 is 5.30. The molecule has 34 heavy (non-hydrogen) atoms. The van der Waals surface area contributed by atoms with Crippen LogP contribution in [0.1, 0.15) is 23.1 Å². The normalized spacial score (nSPS) is 11.3. The number of carbonyl (C=O) groups is 3. The molecule has 0 aromatic heterocycles. The molecule has 0 saturated heterocycles. The Morgan fingerprint density at radius 1 is 0.794 bits per heavy atom. The number of carboxylic acids is 1. The maximum absolute atomic E-state index is 13.4. The van der Waals surface area contributed by atoms with E-state index in [9.17, 15) is 19.5 Å². The van der Waals surface area contributed by atoms with Crippen molar-refractivity contribution in [2.24, 2.45) is 0 Å². The average Bonchev–Trinajstić information content (AvgIpc) is 2.86. The topological polar surface area (TPSA) is 95.9 Å². The van der Waals surface area contributed by atoms with Crippen LogP contribution in [0.3, 0.4) is 0 Å². The minimum Gasteiger partial charge on any atom is -0.480 e. The number of alkyl carbamates (subject to hydrolysis) is 1. The molecule has 7 nitrogen and oxygen atoms in total. The van der Waals surface area contributed by atoms with E-state index in [2.05, 4.69) is 5.32 Å². The molecule has 2 amide bonds. The van der Waals surface area contributed by atoms with Crippen LogP contribution in [-0.4, -0.2) is 40.6 Å². The van der Waals surface area contributed by atoms with Crippen molar-refractivity contribution in [3.8, 4) is 0 Å². The van der Waals surface area contributed by atoms with E-state index in [0.717, 1.165) is 16.7 Å². The summed E-state index contributed by atoms with van der Waals surface area (Å²) in [5.41, 5.74) is 2.62. The van der Waals surface area contributed by atoms with Gasteiger partial charge in [-0.15, -0.1) is 0 Å². The molecule has 1 atom stereocenters. The first-order valence-electron chi connectivity index (χ1n) is 11.1. The Morgan fingerprint density at radius 3 is 1.88 bits per heavy atom. The second kappa shape index (κ2) is 12.8. The highest BCUT2D eigenvalue weighted by molar-refractivity contribution is 5.88. The van der Waals surface area contributed by atoms with Gasteiger partial charge >= 0.3 is 12.1 Å². The van der Waals surface area contributed by atoms with Gasteiger partial charge in [0.05, 0.1) is 0 Å². The summed E-state index contributed by atoms with van der Waals surface area (Å²) in [5.74, 6) is -1.60. The number of amides is 2. The van der Waals surface area contributed by atoms with E-state index in [0.29, 0.717) is 12.8 Å². The predicted molar refractivity (Wildman–Crippen MR) is 128 cm³/mol. The summed E-state index contributed by atoms with van der Waals surface area (Å²) in [6.45, 7) is -0.292. The van der Waals surface area contributed by atoms with Gasteiger partial charge in [0.1, 0.15) is 19.2 Å². The zero-order valence-corrected chi connectivity index (χ0v) is 18.8. The average molecular weight is 461 g/mol. The Labute approximate surface area is 199 Å². The number of aliphatic carboxylic acids is 1. The van der Waals surface area contributed by atoms with Crippen LogP contribution >= 0.6 is 0 Å². The highest BCUT2D eigenvalue weighted by Gasteiger charge is 2.28. The van der Waals surface area contributed by atoms with E-state index in [-0.39, 0.29) is 13.2 Å². The quantitative estimate of drug-likeness (QED) is 0.451. The van der Waals surface area contributed by atoms with Gasteiger partial charge in [-0.1, -0.05) is 91.0 Å². The summed E-state index contributed by atoms with van der Waals surface area (Å²) >= 11 is 0. The van der Waals surface area contributed by atoms with Gasteiger partial charge in [-0.3, -0.25) is 9.59 Å².